The highest BCUT2D eigenvalue weighted by Gasteiger charge is 2.04. The molecule has 2 heteroatoms. The van der Waals surface area contributed by atoms with Gasteiger partial charge in [0.1, 0.15) is 0 Å². The molecule has 1 aliphatic rings. The highest BCUT2D eigenvalue weighted by Crippen LogP contribution is 2.19. The molecule has 4 N–H and O–H groups in total. The molecule has 0 aliphatic heterocycles. The van der Waals surface area contributed by atoms with Crippen molar-refractivity contribution in [3.63, 3.8) is 0 Å². The lowest BCUT2D eigenvalue weighted by Gasteiger charge is -2.11. The fourth-order valence-corrected chi connectivity index (χ4v) is 1.74. The van der Waals surface area contributed by atoms with Crippen molar-refractivity contribution < 1.29 is 0 Å². The van der Waals surface area contributed by atoms with Crippen LogP contribution >= 0.6 is 0 Å². The minimum atomic E-state index is 0.820. The van der Waals surface area contributed by atoms with Gasteiger partial charge in [-0.1, -0.05) is 23.8 Å². The summed E-state index contributed by atoms with van der Waals surface area (Å²) < 4.78 is 0. The summed E-state index contributed by atoms with van der Waals surface area (Å²) in [5, 5.41) is 0. The zero-order valence-electron chi connectivity index (χ0n) is 8.74. The Kier molecular flexibility index (Phi) is 2.77. The Morgan fingerprint density at radius 2 is 1.67 bits per heavy atom. The number of rotatable bonds is 2. The number of allylic oxidation sites excluding steroid dienone is 4. The van der Waals surface area contributed by atoms with Crippen LogP contribution in [0.25, 0.3) is 0 Å². The SMILES string of the molecule is NC1=CC=C(Cc2ccc(N)cc2)CC1. The van der Waals surface area contributed by atoms with Crippen molar-refractivity contribution in [3.05, 3.63) is 53.3 Å². The Bertz CT molecular complexity index is 399. The van der Waals surface area contributed by atoms with Crippen molar-refractivity contribution in [2.24, 2.45) is 5.73 Å². The van der Waals surface area contributed by atoms with Gasteiger partial charge in [0.25, 0.3) is 0 Å². The summed E-state index contributed by atoms with van der Waals surface area (Å²) in [4.78, 5) is 0. The molecule has 0 atom stereocenters. The average Bonchev–Trinajstić information content (AvgIpc) is 2.25. The molecule has 0 fully saturated rings. The van der Waals surface area contributed by atoms with Gasteiger partial charge < -0.3 is 11.5 Å². The first-order valence-corrected chi connectivity index (χ1v) is 5.22. The number of hydrogen-bond acceptors (Lipinski definition) is 2. The van der Waals surface area contributed by atoms with E-state index in [1.165, 1.54) is 11.1 Å². The lowest BCUT2D eigenvalue weighted by Crippen LogP contribution is -2.03. The second kappa shape index (κ2) is 4.22. The predicted molar refractivity (Wildman–Crippen MR) is 64.1 cm³/mol. The third-order valence-corrected chi connectivity index (χ3v) is 2.68. The molecular weight excluding hydrogens is 184 g/mol. The van der Waals surface area contributed by atoms with Gasteiger partial charge >= 0.3 is 0 Å². The lowest BCUT2D eigenvalue weighted by molar-refractivity contribution is 0.859. The van der Waals surface area contributed by atoms with Crippen LogP contribution in [0.5, 0.6) is 0 Å². The molecule has 78 valence electrons. The molecular formula is C13H16N2. The first-order valence-electron chi connectivity index (χ1n) is 5.22. The maximum atomic E-state index is 5.71. The van der Waals surface area contributed by atoms with Gasteiger partial charge in [0.2, 0.25) is 0 Å². The van der Waals surface area contributed by atoms with Crippen LogP contribution in [0.4, 0.5) is 5.69 Å². The van der Waals surface area contributed by atoms with Gasteiger partial charge in [-0.15, -0.1) is 0 Å². The Morgan fingerprint density at radius 3 is 2.27 bits per heavy atom. The van der Waals surface area contributed by atoms with E-state index in [1.54, 1.807) is 0 Å². The molecule has 0 bridgehead atoms. The van der Waals surface area contributed by atoms with Crippen LogP contribution in [-0.2, 0) is 6.42 Å². The zero-order chi connectivity index (χ0) is 10.7. The fourth-order valence-electron chi connectivity index (χ4n) is 1.74. The summed E-state index contributed by atoms with van der Waals surface area (Å²) in [6.07, 6.45) is 7.21. The second-order valence-electron chi connectivity index (χ2n) is 3.98. The fraction of sp³-hybridized carbons (Fsp3) is 0.231. The average molecular weight is 200 g/mol. The Morgan fingerprint density at radius 1 is 0.933 bits per heavy atom. The highest BCUT2D eigenvalue weighted by molar-refractivity contribution is 5.40. The van der Waals surface area contributed by atoms with Crippen molar-refractivity contribution >= 4 is 5.69 Å². The van der Waals surface area contributed by atoms with Crippen LogP contribution in [-0.4, -0.2) is 0 Å². The lowest BCUT2D eigenvalue weighted by atomic mass is 9.96. The summed E-state index contributed by atoms with van der Waals surface area (Å²) in [7, 11) is 0. The monoisotopic (exact) mass is 200 g/mol. The molecule has 0 unspecified atom stereocenters. The van der Waals surface area contributed by atoms with Crippen LogP contribution < -0.4 is 11.5 Å². The van der Waals surface area contributed by atoms with E-state index in [4.69, 9.17) is 11.5 Å². The number of anilines is 1. The van der Waals surface area contributed by atoms with E-state index >= 15 is 0 Å². The summed E-state index contributed by atoms with van der Waals surface area (Å²) in [6.45, 7) is 0. The Labute approximate surface area is 90.3 Å². The van der Waals surface area contributed by atoms with Gasteiger partial charge in [-0.25, -0.2) is 0 Å². The number of hydrogen-bond donors (Lipinski definition) is 2. The van der Waals surface area contributed by atoms with E-state index < -0.39 is 0 Å². The van der Waals surface area contributed by atoms with Gasteiger partial charge in [0.15, 0.2) is 0 Å². The van der Waals surface area contributed by atoms with E-state index in [0.717, 1.165) is 30.6 Å². The molecule has 0 heterocycles. The van der Waals surface area contributed by atoms with Crippen LogP contribution in [0.2, 0.25) is 0 Å². The largest absolute Gasteiger partial charge is 0.402 e. The molecule has 0 spiro atoms. The smallest absolute Gasteiger partial charge is 0.0314 e. The maximum Gasteiger partial charge on any atom is 0.0314 e. The first kappa shape index (κ1) is 9.84. The number of nitrogen functional groups attached to an aromatic ring is 1. The third-order valence-electron chi connectivity index (χ3n) is 2.68. The van der Waals surface area contributed by atoms with Crippen molar-refractivity contribution in [2.75, 3.05) is 5.73 Å². The molecule has 15 heavy (non-hydrogen) atoms. The summed E-state index contributed by atoms with van der Waals surface area (Å²) in [5.41, 5.74) is 15.9. The van der Waals surface area contributed by atoms with Gasteiger partial charge in [0, 0.05) is 11.4 Å². The second-order valence-corrected chi connectivity index (χ2v) is 3.98. The Balaban J connectivity index is 2.06. The Hall–Kier alpha value is -1.70. The molecule has 0 amide bonds. The minimum absolute atomic E-state index is 0.820. The van der Waals surface area contributed by atoms with E-state index in [0.29, 0.717) is 0 Å². The molecule has 1 aromatic rings. The first-order chi connectivity index (χ1) is 7.24. The van der Waals surface area contributed by atoms with Crippen LogP contribution in [0.1, 0.15) is 18.4 Å². The molecule has 0 saturated carbocycles. The van der Waals surface area contributed by atoms with Crippen molar-refractivity contribution in [1.29, 1.82) is 0 Å². The molecule has 0 saturated heterocycles. The molecule has 2 nitrogen and oxygen atoms in total. The van der Waals surface area contributed by atoms with Crippen molar-refractivity contribution in [3.8, 4) is 0 Å². The van der Waals surface area contributed by atoms with Gasteiger partial charge in [-0.2, -0.15) is 0 Å². The predicted octanol–water partition coefficient (Wildman–Crippen LogP) is 2.37. The van der Waals surface area contributed by atoms with Crippen LogP contribution in [0.3, 0.4) is 0 Å². The van der Waals surface area contributed by atoms with Crippen LogP contribution in [0, 0.1) is 0 Å². The van der Waals surface area contributed by atoms with Crippen molar-refractivity contribution in [1.82, 2.24) is 0 Å². The summed E-state index contributed by atoms with van der Waals surface area (Å²) in [5.74, 6) is 0. The maximum absolute atomic E-state index is 5.71. The van der Waals surface area contributed by atoms with Gasteiger partial charge in [0.05, 0.1) is 0 Å². The minimum Gasteiger partial charge on any atom is -0.402 e. The highest BCUT2D eigenvalue weighted by atomic mass is 14.6. The normalized spacial score (nSPS) is 15.7. The third kappa shape index (κ3) is 2.62. The van der Waals surface area contributed by atoms with E-state index in [2.05, 4.69) is 18.2 Å². The van der Waals surface area contributed by atoms with E-state index in [9.17, 15) is 0 Å². The molecule has 1 aromatic carbocycles. The number of benzene rings is 1. The van der Waals surface area contributed by atoms with Gasteiger partial charge in [-0.05, 0) is 43.0 Å². The molecule has 1 aliphatic carbocycles. The van der Waals surface area contributed by atoms with E-state index in [-0.39, 0.29) is 0 Å². The standard InChI is InChI=1S/C13H16N2/c14-12-5-1-10(2-6-12)9-11-3-7-13(15)8-4-11/h1-3,5-7H,4,8-9,14-15H2. The summed E-state index contributed by atoms with van der Waals surface area (Å²) >= 11 is 0. The molecule has 0 radical (unpaired) electrons. The van der Waals surface area contributed by atoms with Gasteiger partial charge in [-0.3, -0.25) is 0 Å². The van der Waals surface area contributed by atoms with E-state index in [1.807, 2.05) is 18.2 Å². The van der Waals surface area contributed by atoms with Crippen LogP contribution in [0.15, 0.2) is 47.7 Å². The topological polar surface area (TPSA) is 52.0 Å². The van der Waals surface area contributed by atoms with Crippen molar-refractivity contribution in [2.45, 2.75) is 19.3 Å². The molecule has 0 aromatic heterocycles. The summed E-state index contributed by atoms with van der Waals surface area (Å²) in [6, 6.07) is 8.06. The number of nitrogens with two attached hydrogens (primary N) is 2. The quantitative estimate of drug-likeness (QED) is 0.720. The molecule has 2 rings (SSSR count). The zero-order valence-corrected chi connectivity index (χ0v) is 8.74.